The van der Waals surface area contributed by atoms with Gasteiger partial charge in [-0.2, -0.15) is 0 Å². The van der Waals surface area contributed by atoms with Gasteiger partial charge in [0.15, 0.2) is 15.6 Å². The van der Waals surface area contributed by atoms with Crippen LogP contribution in [0.25, 0.3) is 0 Å². The van der Waals surface area contributed by atoms with Crippen molar-refractivity contribution in [2.75, 3.05) is 11.5 Å². The Labute approximate surface area is 107 Å². The molecule has 1 aliphatic rings. The van der Waals surface area contributed by atoms with Gasteiger partial charge in [0.1, 0.15) is 0 Å². The lowest BCUT2D eigenvalue weighted by molar-refractivity contribution is 0.101. The maximum atomic E-state index is 11.4. The average molecular weight is 268 g/mol. The van der Waals surface area contributed by atoms with Crippen molar-refractivity contribution in [3.8, 4) is 0 Å². The molecule has 0 radical (unpaired) electrons. The molecule has 18 heavy (non-hydrogen) atoms. The smallest absolute Gasteiger partial charge is 0.159 e. The highest BCUT2D eigenvalue weighted by Crippen LogP contribution is 2.31. The van der Waals surface area contributed by atoms with Crippen LogP contribution in [0.3, 0.4) is 0 Å². The van der Waals surface area contributed by atoms with Crippen molar-refractivity contribution in [2.24, 2.45) is 5.92 Å². The van der Waals surface area contributed by atoms with Gasteiger partial charge in [-0.1, -0.05) is 24.3 Å². The summed E-state index contributed by atoms with van der Waals surface area (Å²) >= 11 is 0. The van der Waals surface area contributed by atoms with E-state index in [2.05, 4.69) is 0 Å². The van der Waals surface area contributed by atoms with Crippen LogP contribution in [0.2, 0.25) is 0 Å². The zero-order valence-corrected chi connectivity index (χ0v) is 11.0. The van der Waals surface area contributed by atoms with E-state index in [1.807, 2.05) is 0 Å². The van der Waals surface area contributed by atoms with Gasteiger partial charge in [0.25, 0.3) is 0 Å². The number of hydrogen-bond acceptors (Lipinski definition) is 4. The number of hydrogen-bond donors (Lipinski definition) is 1. The lowest BCUT2D eigenvalue weighted by atomic mass is 9.94. The summed E-state index contributed by atoms with van der Waals surface area (Å²) in [6, 6.07) is 6.69. The SMILES string of the molecule is CC(=O)c1ccc(C(O)C2CCS(=O)(=O)C2)cc1. The van der Waals surface area contributed by atoms with E-state index >= 15 is 0 Å². The first kappa shape index (κ1) is 13.2. The molecular weight excluding hydrogens is 252 g/mol. The van der Waals surface area contributed by atoms with Crippen molar-refractivity contribution in [3.05, 3.63) is 35.4 Å². The molecule has 2 rings (SSSR count). The Morgan fingerprint density at radius 1 is 1.33 bits per heavy atom. The molecule has 2 atom stereocenters. The number of benzene rings is 1. The molecular formula is C13H16O4S. The van der Waals surface area contributed by atoms with Gasteiger partial charge in [-0.3, -0.25) is 4.79 Å². The van der Waals surface area contributed by atoms with Crippen LogP contribution < -0.4 is 0 Å². The largest absolute Gasteiger partial charge is 0.388 e. The van der Waals surface area contributed by atoms with Crippen molar-refractivity contribution in [1.82, 2.24) is 0 Å². The van der Waals surface area contributed by atoms with E-state index in [0.717, 1.165) is 0 Å². The lowest BCUT2D eigenvalue weighted by Gasteiger charge is -2.17. The number of aliphatic hydroxyl groups is 1. The van der Waals surface area contributed by atoms with Crippen LogP contribution >= 0.6 is 0 Å². The molecule has 5 heteroatoms. The zero-order valence-electron chi connectivity index (χ0n) is 10.2. The highest BCUT2D eigenvalue weighted by Gasteiger charge is 2.33. The summed E-state index contributed by atoms with van der Waals surface area (Å²) in [5.41, 5.74) is 1.26. The van der Waals surface area contributed by atoms with E-state index in [1.165, 1.54) is 6.92 Å². The molecule has 1 aromatic rings. The van der Waals surface area contributed by atoms with Crippen LogP contribution in [-0.4, -0.2) is 30.8 Å². The lowest BCUT2D eigenvalue weighted by Crippen LogP contribution is -2.14. The molecule has 1 aliphatic heterocycles. The molecule has 4 nitrogen and oxygen atoms in total. The minimum atomic E-state index is -2.98. The van der Waals surface area contributed by atoms with Crippen LogP contribution in [0.5, 0.6) is 0 Å². The number of Topliss-reactive ketones (excluding diaryl/α,β-unsaturated/α-hetero) is 1. The van der Waals surface area contributed by atoms with Crippen LogP contribution in [0.15, 0.2) is 24.3 Å². The van der Waals surface area contributed by atoms with Crippen LogP contribution in [0.4, 0.5) is 0 Å². The fourth-order valence-electron chi connectivity index (χ4n) is 2.26. The van der Waals surface area contributed by atoms with E-state index < -0.39 is 15.9 Å². The number of sulfone groups is 1. The summed E-state index contributed by atoms with van der Waals surface area (Å²) in [6.07, 6.45) is -0.277. The van der Waals surface area contributed by atoms with Gasteiger partial charge in [0, 0.05) is 11.5 Å². The molecule has 0 spiro atoms. The van der Waals surface area contributed by atoms with Gasteiger partial charge in [-0.15, -0.1) is 0 Å². The summed E-state index contributed by atoms with van der Waals surface area (Å²) in [5, 5.41) is 10.1. The third-order valence-electron chi connectivity index (χ3n) is 3.37. The number of ketones is 1. The molecule has 0 aliphatic carbocycles. The topological polar surface area (TPSA) is 71.4 Å². The molecule has 1 N–H and O–H groups in total. The summed E-state index contributed by atoms with van der Waals surface area (Å²) in [7, 11) is -2.98. The van der Waals surface area contributed by atoms with Gasteiger partial charge in [-0.05, 0) is 18.9 Å². The van der Waals surface area contributed by atoms with Crippen LogP contribution in [-0.2, 0) is 9.84 Å². The van der Waals surface area contributed by atoms with Crippen molar-refractivity contribution in [2.45, 2.75) is 19.4 Å². The van der Waals surface area contributed by atoms with Crippen molar-refractivity contribution in [1.29, 1.82) is 0 Å². The highest BCUT2D eigenvalue weighted by molar-refractivity contribution is 7.91. The molecule has 0 bridgehead atoms. The molecule has 0 aromatic heterocycles. The second-order valence-electron chi connectivity index (χ2n) is 4.79. The molecule has 1 aromatic carbocycles. The summed E-state index contributed by atoms with van der Waals surface area (Å²) in [6.45, 7) is 1.48. The van der Waals surface area contributed by atoms with Gasteiger partial charge in [-0.25, -0.2) is 8.42 Å². The van der Waals surface area contributed by atoms with Gasteiger partial charge < -0.3 is 5.11 Å². The predicted molar refractivity (Wildman–Crippen MR) is 68.2 cm³/mol. The minimum absolute atomic E-state index is 0.0283. The number of carbonyl (C=O) groups excluding carboxylic acids is 1. The second-order valence-corrected chi connectivity index (χ2v) is 7.01. The van der Waals surface area contributed by atoms with Gasteiger partial charge in [0.05, 0.1) is 17.6 Å². The Morgan fingerprint density at radius 3 is 2.39 bits per heavy atom. The number of carbonyl (C=O) groups is 1. The van der Waals surface area contributed by atoms with Gasteiger partial charge in [0.2, 0.25) is 0 Å². The Kier molecular flexibility index (Phi) is 3.54. The monoisotopic (exact) mass is 268 g/mol. The van der Waals surface area contributed by atoms with Crippen molar-refractivity contribution in [3.63, 3.8) is 0 Å². The fraction of sp³-hybridized carbons (Fsp3) is 0.462. The number of aliphatic hydroxyl groups excluding tert-OH is 1. The third kappa shape index (κ3) is 2.79. The second kappa shape index (κ2) is 4.82. The maximum absolute atomic E-state index is 11.4. The zero-order chi connectivity index (χ0) is 13.3. The van der Waals surface area contributed by atoms with E-state index in [1.54, 1.807) is 24.3 Å². The summed E-state index contributed by atoms with van der Waals surface area (Å²) in [4.78, 5) is 11.1. The molecule has 98 valence electrons. The highest BCUT2D eigenvalue weighted by atomic mass is 32.2. The van der Waals surface area contributed by atoms with E-state index in [-0.39, 0.29) is 23.2 Å². The first-order valence-electron chi connectivity index (χ1n) is 5.88. The molecule has 1 heterocycles. The Hall–Kier alpha value is -1.20. The quantitative estimate of drug-likeness (QED) is 0.840. The average Bonchev–Trinajstić information content (AvgIpc) is 2.69. The predicted octanol–water partition coefficient (Wildman–Crippen LogP) is 1.36. The van der Waals surface area contributed by atoms with Crippen LogP contribution in [0.1, 0.15) is 35.4 Å². The summed E-state index contributed by atoms with van der Waals surface area (Å²) < 4.78 is 22.7. The third-order valence-corrected chi connectivity index (χ3v) is 5.17. The normalized spacial score (nSPS) is 23.8. The molecule has 0 amide bonds. The standard InChI is InChI=1S/C13H16O4S/c1-9(14)10-2-4-11(5-3-10)13(15)12-6-7-18(16,17)8-12/h2-5,12-13,15H,6-8H2,1H3. The molecule has 1 fully saturated rings. The van der Waals surface area contributed by atoms with Gasteiger partial charge >= 0.3 is 0 Å². The maximum Gasteiger partial charge on any atom is 0.159 e. The molecule has 0 saturated carbocycles. The molecule has 1 saturated heterocycles. The molecule has 2 unspecified atom stereocenters. The Balaban J connectivity index is 2.14. The van der Waals surface area contributed by atoms with E-state index in [9.17, 15) is 18.3 Å². The van der Waals surface area contributed by atoms with E-state index in [4.69, 9.17) is 0 Å². The van der Waals surface area contributed by atoms with Crippen molar-refractivity contribution < 1.29 is 18.3 Å². The van der Waals surface area contributed by atoms with Crippen LogP contribution in [0, 0.1) is 5.92 Å². The first-order chi connectivity index (χ1) is 8.39. The Morgan fingerprint density at radius 2 is 1.94 bits per heavy atom. The minimum Gasteiger partial charge on any atom is -0.388 e. The van der Waals surface area contributed by atoms with E-state index in [0.29, 0.717) is 17.5 Å². The summed E-state index contributed by atoms with van der Waals surface area (Å²) in [5.74, 6) is -0.0687. The fourth-order valence-corrected chi connectivity index (χ4v) is 4.09. The van der Waals surface area contributed by atoms with Crippen molar-refractivity contribution >= 4 is 15.6 Å². The first-order valence-corrected chi connectivity index (χ1v) is 7.70. The Bertz CT molecular complexity index is 545. The number of rotatable bonds is 3.